The van der Waals surface area contributed by atoms with Crippen LogP contribution in [0.4, 0.5) is 0 Å². The molecular weight excluding hydrogens is 315 g/mol. The van der Waals surface area contributed by atoms with E-state index in [-0.39, 0.29) is 5.41 Å². The molecule has 1 aliphatic rings. The molecule has 0 amide bonds. The molecule has 2 rings (SSSR count). The lowest BCUT2D eigenvalue weighted by Gasteiger charge is -2.48. The van der Waals surface area contributed by atoms with Crippen LogP contribution >= 0.6 is 23.2 Å². The van der Waals surface area contributed by atoms with Crippen LogP contribution in [0.5, 0.6) is 0 Å². The Hall–Kier alpha value is -0.240. The highest BCUT2D eigenvalue weighted by Crippen LogP contribution is 2.51. The van der Waals surface area contributed by atoms with Crippen molar-refractivity contribution in [1.82, 2.24) is 0 Å². The quantitative estimate of drug-likeness (QED) is 0.657. The summed E-state index contributed by atoms with van der Waals surface area (Å²) in [5.41, 5.74) is 0.906. The molecule has 3 heteroatoms. The third kappa shape index (κ3) is 3.63. The van der Waals surface area contributed by atoms with Crippen molar-refractivity contribution < 1.29 is 5.11 Å². The molecule has 0 unspecified atom stereocenters. The maximum Gasteiger partial charge on any atom is 0.0620 e. The maximum absolute atomic E-state index is 10.4. The molecular formula is C19H28Cl2O. The molecule has 1 saturated carbocycles. The van der Waals surface area contributed by atoms with Crippen LogP contribution in [0, 0.1) is 5.92 Å². The highest BCUT2D eigenvalue weighted by atomic mass is 35.5. The summed E-state index contributed by atoms with van der Waals surface area (Å²) in [5.74, 6) is 0.630. The minimum atomic E-state index is -0.524. The van der Waals surface area contributed by atoms with Crippen LogP contribution < -0.4 is 0 Å². The average molecular weight is 343 g/mol. The number of hydrogen-bond donors (Lipinski definition) is 1. The van der Waals surface area contributed by atoms with Crippen molar-refractivity contribution in [3.63, 3.8) is 0 Å². The molecule has 1 atom stereocenters. The Balaban J connectivity index is 2.43. The van der Waals surface area contributed by atoms with Crippen molar-refractivity contribution in [2.24, 2.45) is 5.92 Å². The summed E-state index contributed by atoms with van der Waals surface area (Å²) < 4.78 is 0. The standard InChI is InChI=1S/C19H28Cl2O/c1-4-6-14(5-2)19(11-9-18(3,22)10-12-19)15-7-8-16(20)17(21)13-15/h7-8,13-14,22H,4-6,9-12H2,1-3H3/t14-,18?,19?/m1/s1. The van der Waals surface area contributed by atoms with Gasteiger partial charge in [0.15, 0.2) is 0 Å². The first kappa shape index (κ1) is 18.1. The molecule has 0 bridgehead atoms. The van der Waals surface area contributed by atoms with Gasteiger partial charge in [0.05, 0.1) is 15.6 Å². The van der Waals surface area contributed by atoms with Crippen LogP contribution in [0.3, 0.4) is 0 Å². The van der Waals surface area contributed by atoms with Gasteiger partial charge in [-0.05, 0) is 68.1 Å². The van der Waals surface area contributed by atoms with Crippen molar-refractivity contribution in [3.05, 3.63) is 33.8 Å². The monoisotopic (exact) mass is 342 g/mol. The van der Waals surface area contributed by atoms with E-state index in [1.165, 1.54) is 18.4 Å². The summed E-state index contributed by atoms with van der Waals surface area (Å²) in [6.45, 7) is 6.50. The molecule has 1 aromatic rings. The molecule has 1 aromatic carbocycles. The highest BCUT2D eigenvalue weighted by Gasteiger charge is 2.44. The zero-order chi connectivity index (χ0) is 16.4. The number of halogens is 2. The predicted molar refractivity (Wildman–Crippen MR) is 95.9 cm³/mol. The first-order chi connectivity index (χ1) is 10.3. The predicted octanol–water partition coefficient (Wildman–Crippen LogP) is 6.38. The Labute approximate surface area is 145 Å². The summed E-state index contributed by atoms with van der Waals surface area (Å²) in [6.07, 6.45) is 7.33. The minimum absolute atomic E-state index is 0.126. The van der Waals surface area contributed by atoms with Crippen LogP contribution in [-0.4, -0.2) is 10.7 Å². The van der Waals surface area contributed by atoms with E-state index in [9.17, 15) is 5.11 Å². The molecule has 0 aliphatic heterocycles. The molecule has 1 nitrogen and oxygen atoms in total. The summed E-state index contributed by atoms with van der Waals surface area (Å²) in [4.78, 5) is 0. The second-order valence-electron chi connectivity index (χ2n) is 7.18. The number of benzene rings is 1. The Bertz CT molecular complexity index is 500. The molecule has 1 N–H and O–H groups in total. The van der Waals surface area contributed by atoms with Gasteiger partial charge in [0.2, 0.25) is 0 Å². The SMILES string of the molecule is CCC[C@@H](CC)C1(c2ccc(Cl)c(Cl)c2)CCC(C)(O)CC1. The number of hydrogen-bond acceptors (Lipinski definition) is 1. The molecule has 0 aromatic heterocycles. The van der Waals surface area contributed by atoms with Crippen LogP contribution in [0.25, 0.3) is 0 Å². The van der Waals surface area contributed by atoms with E-state index in [4.69, 9.17) is 23.2 Å². The van der Waals surface area contributed by atoms with Gasteiger partial charge in [-0.25, -0.2) is 0 Å². The van der Waals surface area contributed by atoms with Gasteiger partial charge >= 0.3 is 0 Å². The van der Waals surface area contributed by atoms with Crippen LogP contribution in [0.2, 0.25) is 10.0 Å². The second kappa shape index (κ2) is 7.11. The third-order valence-corrected chi connectivity index (χ3v) is 6.36. The molecule has 0 heterocycles. The summed E-state index contributed by atoms with van der Waals surface area (Å²) in [5, 5.41) is 11.6. The number of aliphatic hydroxyl groups is 1. The third-order valence-electron chi connectivity index (χ3n) is 5.63. The van der Waals surface area contributed by atoms with E-state index in [1.807, 2.05) is 13.0 Å². The highest BCUT2D eigenvalue weighted by molar-refractivity contribution is 6.42. The summed E-state index contributed by atoms with van der Waals surface area (Å²) in [7, 11) is 0. The summed E-state index contributed by atoms with van der Waals surface area (Å²) in [6, 6.07) is 6.13. The van der Waals surface area contributed by atoms with Crippen molar-refractivity contribution in [1.29, 1.82) is 0 Å². The smallest absolute Gasteiger partial charge is 0.0620 e. The molecule has 22 heavy (non-hydrogen) atoms. The van der Waals surface area contributed by atoms with Crippen molar-refractivity contribution in [2.75, 3.05) is 0 Å². The molecule has 0 saturated heterocycles. The van der Waals surface area contributed by atoms with E-state index >= 15 is 0 Å². The topological polar surface area (TPSA) is 20.2 Å². The second-order valence-corrected chi connectivity index (χ2v) is 7.99. The van der Waals surface area contributed by atoms with Gasteiger partial charge in [-0.2, -0.15) is 0 Å². The van der Waals surface area contributed by atoms with Gasteiger partial charge in [-0.15, -0.1) is 0 Å². The molecule has 1 fully saturated rings. The fourth-order valence-corrected chi connectivity index (χ4v) is 4.49. The Kier molecular flexibility index (Phi) is 5.85. The fourth-order valence-electron chi connectivity index (χ4n) is 4.19. The number of rotatable bonds is 5. The first-order valence-corrected chi connectivity index (χ1v) is 9.28. The van der Waals surface area contributed by atoms with Gasteiger partial charge in [-0.1, -0.05) is 56.0 Å². The van der Waals surface area contributed by atoms with Crippen molar-refractivity contribution >= 4 is 23.2 Å². The van der Waals surface area contributed by atoms with E-state index in [0.29, 0.717) is 16.0 Å². The van der Waals surface area contributed by atoms with Gasteiger partial charge in [0.1, 0.15) is 0 Å². The molecule has 0 spiro atoms. The zero-order valence-electron chi connectivity index (χ0n) is 14.0. The Morgan fingerprint density at radius 3 is 2.23 bits per heavy atom. The largest absolute Gasteiger partial charge is 0.390 e. The molecule has 124 valence electrons. The normalized spacial score (nSPS) is 30.3. The fraction of sp³-hybridized carbons (Fsp3) is 0.684. The average Bonchev–Trinajstić information content (AvgIpc) is 2.48. The van der Waals surface area contributed by atoms with E-state index < -0.39 is 5.60 Å². The zero-order valence-corrected chi connectivity index (χ0v) is 15.5. The van der Waals surface area contributed by atoms with Crippen LogP contribution in [-0.2, 0) is 5.41 Å². The lowest BCUT2D eigenvalue weighted by Crippen LogP contribution is -2.44. The van der Waals surface area contributed by atoms with Crippen molar-refractivity contribution in [2.45, 2.75) is 76.7 Å². The van der Waals surface area contributed by atoms with E-state index in [2.05, 4.69) is 26.0 Å². The van der Waals surface area contributed by atoms with Crippen LogP contribution in [0.15, 0.2) is 18.2 Å². The van der Waals surface area contributed by atoms with Gasteiger partial charge in [0.25, 0.3) is 0 Å². The Morgan fingerprint density at radius 2 is 1.73 bits per heavy atom. The Morgan fingerprint density at radius 1 is 1.09 bits per heavy atom. The van der Waals surface area contributed by atoms with Gasteiger partial charge in [0, 0.05) is 0 Å². The van der Waals surface area contributed by atoms with Crippen LogP contribution in [0.1, 0.15) is 71.3 Å². The van der Waals surface area contributed by atoms with Gasteiger partial charge < -0.3 is 5.11 Å². The lowest BCUT2D eigenvalue weighted by molar-refractivity contribution is -0.0139. The summed E-state index contributed by atoms with van der Waals surface area (Å²) >= 11 is 12.4. The van der Waals surface area contributed by atoms with Gasteiger partial charge in [-0.3, -0.25) is 0 Å². The molecule has 0 radical (unpaired) electrons. The first-order valence-electron chi connectivity index (χ1n) is 8.52. The van der Waals surface area contributed by atoms with E-state index in [1.54, 1.807) is 0 Å². The molecule has 1 aliphatic carbocycles. The van der Waals surface area contributed by atoms with Crippen molar-refractivity contribution in [3.8, 4) is 0 Å². The lowest BCUT2D eigenvalue weighted by atomic mass is 9.58. The maximum atomic E-state index is 10.4. The minimum Gasteiger partial charge on any atom is -0.390 e. The van der Waals surface area contributed by atoms with E-state index in [0.717, 1.165) is 32.1 Å².